The van der Waals surface area contributed by atoms with Crippen molar-refractivity contribution in [3.63, 3.8) is 0 Å². The summed E-state index contributed by atoms with van der Waals surface area (Å²) < 4.78 is 24.0. The standard InChI is InChI=1S/C29H25N3O8S/c1-5-39-28(34)25-16(2)30-29-31(26(25)20-8-6-7-9-21(20)37-3)27(33)24(41-29)15-18-11-13-22(40-18)19-12-10-17(32(35)36)14-23(19)38-4/h6-15,26H,5H2,1-4H3/b24-15+. The number of hydrogen-bond acceptors (Lipinski definition) is 10. The second kappa shape index (κ2) is 11.3. The molecular formula is C29H25N3O8S. The first-order valence-corrected chi connectivity index (χ1v) is 13.3. The van der Waals surface area contributed by atoms with Gasteiger partial charge in [-0.3, -0.25) is 19.5 Å². The third kappa shape index (κ3) is 5.05. The average Bonchev–Trinajstić information content (AvgIpc) is 3.55. The first kappa shape index (κ1) is 27.6. The van der Waals surface area contributed by atoms with Crippen molar-refractivity contribution in [1.82, 2.24) is 4.57 Å². The van der Waals surface area contributed by atoms with Gasteiger partial charge in [0.2, 0.25) is 0 Å². The molecule has 0 radical (unpaired) electrons. The number of nitro benzene ring substituents is 1. The van der Waals surface area contributed by atoms with Crippen LogP contribution in [0, 0.1) is 10.1 Å². The Hall–Kier alpha value is -4.97. The van der Waals surface area contributed by atoms with Gasteiger partial charge in [-0.05, 0) is 38.1 Å². The Balaban J connectivity index is 1.63. The number of nitro groups is 1. The molecule has 2 aromatic heterocycles. The number of nitrogens with zero attached hydrogens (tertiary/aromatic N) is 3. The van der Waals surface area contributed by atoms with Crippen molar-refractivity contribution < 1.29 is 28.3 Å². The minimum atomic E-state index is -0.819. The van der Waals surface area contributed by atoms with E-state index in [9.17, 15) is 19.7 Å². The number of esters is 1. The SMILES string of the molecule is CCOC(=O)C1=C(C)N=c2s/c(=C/c3ccc(-c4ccc([N+](=O)[O-])cc4OC)o3)c(=O)n2C1c1ccccc1OC. The predicted octanol–water partition coefficient (Wildman–Crippen LogP) is 3.98. The fraction of sp³-hybridized carbons (Fsp3) is 0.207. The summed E-state index contributed by atoms with van der Waals surface area (Å²) >= 11 is 1.16. The molecule has 41 heavy (non-hydrogen) atoms. The lowest BCUT2D eigenvalue weighted by Gasteiger charge is -2.25. The third-order valence-corrected chi connectivity index (χ3v) is 7.50. The Bertz CT molecular complexity index is 1880. The predicted molar refractivity (Wildman–Crippen MR) is 151 cm³/mol. The number of furan rings is 1. The maximum atomic E-state index is 13.9. The molecule has 2 aromatic carbocycles. The molecule has 0 N–H and O–H groups in total. The number of non-ortho nitro benzene ring substituents is 1. The summed E-state index contributed by atoms with van der Waals surface area (Å²) in [5.74, 6) is 1.00. The summed E-state index contributed by atoms with van der Waals surface area (Å²) in [5, 5.41) is 11.1. The van der Waals surface area contributed by atoms with Gasteiger partial charge in [-0.25, -0.2) is 9.79 Å². The molecule has 12 heteroatoms. The van der Waals surface area contributed by atoms with E-state index in [-0.39, 0.29) is 29.2 Å². The van der Waals surface area contributed by atoms with E-state index in [1.165, 1.54) is 30.9 Å². The number of rotatable bonds is 8. The molecule has 4 aromatic rings. The fourth-order valence-electron chi connectivity index (χ4n) is 4.68. The second-order valence-corrected chi connectivity index (χ2v) is 9.90. The maximum absolute atomic E-state index is 13.9. The molecule has 5 rings (SSSR count). The van der Waals surface area contributed by atoms with E-state index < -0.39 is 16.9 Å². The van der Waals surface area contributed by atoms with Crippen LogP contribution in [0.15, 0.2) is 80.1 Å². The number of thiazole rings is 1. The van der Waals surface area contributed by atoms with Crippen molar-refractivity contribution in [3.05, 3.63) is 107 Å². The van der Waals surface area contributed by atoms with Gasteiger partial charge in [0.1, 0.15) is 29.1 Å². The maximum Gasteiger partial charge on any atom is 0.338 e. The molecule has 11 nitrogen and oxygen atoms in total. The molecule has 0 saturated heterocycles. The monoisotopic (exact) mass is 575 g/mol. The molecular weight excluding hydrogens is 550 g/mol. The topological polar surface area (TPSA) is 135 Å². The quantitative estimate of drug-likeness (QED) is 0.175. The number of benzene rings is 2. The van der Waals surface area contributed by atoms with Gasteiger partial charge in [0.15, 0.2) is 4.80 Å². The van der Waals surface area contributed by atoms with Crippen molar-refractivity contribution in [2.24, 2.45) is 4.99 Å². The average molecular weight is 576 g/mol. The number of aromatic nitrogens is 1. The van der Waals surface area contributed by atoms with Crippen LogP contribution in [-0.2, 0) is 9.53 Å². The van der Waals surface area contributed by atoms with Crippen molar-refractivity contribution in [1.29, 1.82) is 0 Å². The lowest BCUT2D eigenvalue weighted by molar-refractivity contribution is -0.384. The smallest absolute Gasteiger partial charge is 0.338 e. The largest absolute Gasteiger partial charge is 0.496 e. The van der Waals surface area contributed by atoms with E-state index in [2.05, 4.69) is 4.99 Å². The first-order valence-electron chi connectivity index (χ1n) is 12.5. The summed E-state index contributed by atoms with van der Waals surface area (Å²) in [7, 11) is 2.94. The Kier molecular flexibility index (Phi) is 7.58. The van der Waals surface area contributed by atoms with Gasteiger partial charge in [-0.2, -0.15) is 0 Å². The van der Waals surface area contributed by atoms with Gasteiger partial charge in [0, 0.05) is 17.7 Å². The van der Waals surface area contributed by atoms with Crippen LogP contribution in [0.1, 0.15) is 31.2 Å². The Labute approximate surface area is 237 Å². The van der Waals surface area contributed by atoms with E-state index in [1.54, 1.807) is 56.3 Å². The van der Waals surface area contributed by atoms with Gasteiger partial charge in [0.25, 0.3) is 11.2 Å². The summed E-state index contributed by atoms with van der Waals surface area (Å²) in [6, 6.07) is 13.9. The molecule has 1 aliphatic rings. The molecule has 0 amide bonds. The molecule has 1 unspecified atom stereocenters. The molecule has 0 fully saturated rings. The van der Waals surface area contributed by atoms with Crippen LogP contribution in [-0.4, -0.2) is 36.3 Å². The molecule has 0 bridgehead atoms. The van der Waals surface area contributed by atoms with E-state index in [1.807, 2.05) is 6.07 Å². The highest BCUT2D eigenvalue weighted by atomic mass is 32.1. The highest BCUT2D eigenvalue weighted by Crippen LogP contribution is 2.36. The van der Waals surface area contributed by atoms with Crippen molar-refractivity contribution >= 4 is 29.1 Å². The van der Waals surface area contributed by atoms with E-state index in [4.69, 9.17) is 18.6 Å². The van der Waals surface area contributed by atoms with Crippen molar-refractivity contribution in [3.8, 4) is 22.8 Å². The number of ether oxygens (including phenoxy) is 3. The summed E-state index contributed by atoms with van der Waals surface area (Å²) in [5.41, 5.74) is 1.35. The van der Waals surface area contributed by atoms with Crippen LogP contribution in [0.3, 0.4) is 0 Å². The van der Waals surface area contributed by atoms with Crippen LogP contribution >= 0.6 is 11.3 Å². The number of methoxy groups -OCH3 is 2. The van der Waals surface area contributed by atoms with E-state index in [0.717, 1.165) is 11.3 Å². The molecule has 0 saturated carbocycles. The Morgan fingerprint density at radius 1 is 1.15 bits per heavy atom. The van der Waals surface area contributed by atoms with Crippen LogP contribution in [0.5, 0.6) is 11.5 Å². The zero-order valence-corrected chi connectivity index (χ0v) is 23.4. The molecule has 1 atom stereocenters. The molecule has 1 aliphatic heterocycles. The number of allylic oxidation sites excluding steroid dienone is 1. The van der Waals surface area contributed by atoms with Gasteiger partial charge < -0.3 is 18.6 Å². The van der Waals surface area contributed by atoms with E-state index >= 15 is 0 Å². The fourth-order valence-corrected chi connectivity index (χ4v) is 5.71. The highest BCUT2D eigenvalue weighted by molar-refractivity contribution is 7.07. The molecule has 0 spiro atoms. The van der Waals surface area contributed by atoms with Crippen molar-refractivity contribution in [2.75, 3.05) is 20.8 Å². The summed E-state index contributed by atoms with van der Waals surface area (Å²) in [6.45, 7) is 3.59. The Morgan fingerprint density at radius 3 is 2.61 bits per heavy atom. The molecule has 210 valence electrons. The van der Waals surface area contributed by atoms with Crippen LogP contribution in [0.2, 0.25) is 0 Å². The zero-order chi connectivity index (χ0) is 29.3. The van der Waals surface area contributed by atoms with Crippen molar-refractivity contribution in [2.45, 2.75) is 19.9 Å². The van der Waals surface area contributed by atoms with Gasteiger partial charge in [0.05, 0.1) is 53.2 Å². The first-order chi connectivity index (χ1) is 19.8. The van der Waals surface area contributed by atoms with Crippen LogP contribution in [0.25, 0.3) is 17.4 Å². The second-order valence-electron chi connectivity index (χ2n) is 8.89. The van der Waals surface area contributed by atoms with Gasteiger partial charge >= 0.3 is 5.97 Å². The van der Waals surface area contributed by atoms with Gasteiger partial charge in [-0.15, -0.1) is 0 Å². The number of carbonyl (C=O) groups is 1. The van der Waals surface area contributed by atoms with Gasteiger partial charge in [-0.1, -0.05) is 29.5 Å². The minimum absolute atomic E-state index is 0.111. The highest BCUT2D eigenvalue weighted by Gasteiger charge is 2.35. The molecule has 0 aliphatic carbocycles. The van der Waals surface area contributed by atoms with Crippen LogP contribution < -0.4 is 24.4 Å². The number of hydrogen-bond donors (Lipinski definition) is 0. The number of fused-ring (bicyclic) bond motifs is 1. The Morgan fingerprint density at radius 2 is 1.90 bits per heavy atom. The lowest BCUT2D eigenvalue weighted by atomic mass is 9.95. The molecule has 3 heterocycles. The third-order valence-electron chi connectivity index (χ3n) is 6.51. The van der Waals surface area contributed by atoms with Crippen LogP contribution in [0.4, 0.5) is 5.69 Å². The number of para-hydroxylation sites is 1. The normalized spacial score (nSPS) is 14.8. The zero-order valence-electron chi connectivity index (χ0n) is 22.6. The lowest BCUT2D eigenvalue weighted by Crippen LogP contribution is -2.40. The summed E-state index contributed by atoms with van der Waals surface area (Å²) in [4.78, 5) is 42.6. The minimum Gasteiger partial charge on any atom is -0.496 e. The van der Waals surface area contributed by atoms with E-state index in [0.29, 0.717) is 43.4 Å². The number of carbonyl (C=O) groups excluding carboxylic acids is 1. The summed E-state index contributed by atoms with van der Waals surface area (Å²) in [6.07, 6.45) is 1.59.